The zero-order chi connectivity index (χ0) is 17.3. The van der Waals surface area contributed by atoms with Crippen LogP contribution in [0.15, 0.2) is 48.5 Å². The molecule has 3 nitrogen and oxygen atoms in total. The Hall–Kier alpha value is -2.73. The van der Waals surface area contributed by atoms with Crippen LogP contribution in [0.5, 0.6) is 0 Å². The van der Waals surface area contributed by atoms with Crippen molar-refractivity contribution in [2.24, 2.45) is 0 Å². The van der Waals surface area contributed by atoms with E-state index in [4.69, 9.17) is 6.42 Å². The zero-order valence-electron chi connectivity index (χ0n) is 14.4. The molecule has 1 amide bonds. The number of benzene rings is 2. The van der Waals surface area contributed by atoms with Gasteiger partial charge in [-0.3, -0.25) is 9.69 Å². The monoisotopic (exact) mass is 318 g/mol. The Kier molecular flexibility index (Phi) is 4.07. The summed E-state index contributed by atoms with van der Waals surface area (Å²) in [5, 5.41) is 0. The van der Waals surface area contributed by atoms with E-state index in [0.717, 1.165) is 22.5 Å². The highest BCUT2D eigenvalue weighted by Crippen LogP contribution is 2.43. The third kappa shape index (κ3) is 2.55. The van der Waals surface area contributed by atoms with Crippen molar-refractivity contribution in [3.63, 3.8) is 0 Å². The molecule has 2 aromatic rings. The molecule has 0 bridgehead atoms. The maximum atomic E-state index is 13.1. The molecule has 1 aliphatic rings. The minimum absolute atomic E-state index is 0.0818. The summed E-state index contributed by atoms with van der Waals surface area (Å²) in [6.07, 6.45) is 6.13. The largest absolute Gasteiger partial charge is 0.378 e. The van der Waals surface area contributed by atoms with Crippen molar-refractivity contribution in [3.05, 3.63) is 59.7 Å². The van der Waals surface area contributed by atoms with Crippen LogP contribution >= 0.6 is 0 Å². The molecule has 1 atom stereocenters. The minimum atomic E-state index is -0.576. The standard InChI is InChI=1S/C21H22N2O/c1-5-14-23-19-9-7-6-8-18(19)21(2,20(23)24)15-16-10-12-17(13-11-16)22(3)4/h1,6-13H,14-15H2,2-4H3. The van der Waals surface area contributed by atoms with Gasteiger partial charge in [-0.25, -0.2) is 0 Å². The molecule has 24 heavy (non-hydrogen) atoms. The molecular formula is C21H22N2O. The maximum absolute atomic E-state index is 13.1. The average Bonchev–Trinajstić information content (AvgIpc) is 2.78. The lowest BCUT2D eigenvalue weighted by Crippen LogP contribution is -2.40. The predicted octanol–water partition coefficient (Wildman–Crippen LogP) is 3.23. The smallest absolute Gasteiger partial charge is 0.238 e. The molecule has 0 aliphatic carbocycles. The van der Waals surface area contributed by atoms with Crippen LogP contribution in [0.3, 0.4) is 0 Å². The Morgan fingerprint density at radius 3 is 2.42 bits per heavy atom. The Labute approximate surface area is 143 Å². The Balaban J connectivity index is 1.97. The van der Waals surface area contributed by atoms with Gasteiger partial charge in [-0.05, 0) is 42.7 Å². The van der Waals surface area contributed by atoms with Crippen molar-refractivity contribution in [1.29, 1.82) is 0 Å². The fraction of sp³-hybridized carbons (Fsp3) is 0.286. The normalized spacial score (nSPS) is 19.1. The van der Waals surface area contributed by atoms with Crippen LogP contribution in [0.4, 0.5) is 11.4 Å². The number of amides is 1. The molecule has 122 valence electrons. The zero-order valence-corrected chi connectivity index (χ0v) is 14.4. The summed E-state index contributed by atoms with van der Waals surface area (Å²) < 4.78 is 0. The van der Waals surface area contributed by atoms with Gasteiger partial charge in [-0.15, -0.1) is 6.42 Å². The predicted molar refractivity (Wildman–Crippen MR) is 99.5 cm³/mol. The van der Waals surface area contributed by atoms with E-state index in [2.05, 4.69) is 35.1 Å². The number of anilines is 2. The van der Waals surface area contributed by atoms with Gasteiger partial charge in [0.25, 0.3) is 0 Å². The molecule has 0 spiro atoms. The highest BCUT2D eigenvalue weighted by atomic mass is 16.2. The van der Waals surface area contributed by atoms with E-state index in [9.17, 15) is 4.79 Å². The number of para-hydroxylation sites is 1. The number of nitrogens with zero attached hydrogens (tertiary/aromatic N) is 2. The van der Waals surface area contributed by atoms with Crippen molar-refractivity contribution >= 4 is 17.3 Å². The van der Waals surface area contributed by atoms with Crippen molar-refractivity contribution in [2.75, 3.05) is 30.4 Å². The molecular weight excluding hydrogens is 296 g/mol. The van der Waals surface area contributed by atoms with E-state index >= 15 is 0 Å². The maximum Gasteiger partial charge on any atom is 0.238 e. The first-order chi connectivity index (χ1) is 11.5. The van der Waals surface area contributed by atoms with Gasteiger partial charge in [0.05, 0.1) is 12.0 Å². The summed E-state index contributed by atoms with van der Waals surface area (Å²) in [5.41, 5.74) is 3.72. The molecule has 1 heterocycles. The summed E-state index contributed by atoms with van der Waals surface area (Å²) >= 11 is 0. The highest BCUT2D eigenvalue weighted by Gasteiger charge is 2.46. The molecule has 0 saturated heterocycles. The Morgan fingerprint density at radius 1 is 1.12 bits per heavy atom. The molecule has 3 heteroatoms. The molecule has 1 aliphatic heterocycles. The van der Waals surface area contributed by atoms with Gasteiger partial charge in [0.1, 0.15) is 0 Å². The van der Waals surface area contributed by atoms with Gasteiger partial charge >= 0.3 is 0 Å². The molecule has 2 aromatic carbocycles. The topological polar surface area (TPSA) is 23.6 Å². The Morgan fingerprint density at radius 2 is 1.79 bits per heavy atom. The lowest BCUT2D eigenvalue weighted by Gasteiger charge is -2.24. The quantitative estimate of drug-likeness (QED) is 0.808. The summed E-state index contributed by atoms with van der Waals surface area (Å²) in [6.45, 7) is 2.33. The first-order valence-corrected chi connectivity index (χ1v) is 8.08. The van der Waals surface area contributed by atoms with Gasteiger partial charge in [0, 0.05) is 25.5 Å². The van der Waals surface area contributed by atoms with Gasteiger partial charge in [0.15, 0.2) is 0 Å². The number of carbonyl (C=O) groups excluding carboxylic acids is 1. The van der Waals surface area contributed by atoms with E-state index in [-0.39, 0.29) is 5.91 Å². The van der Waals surface area contributed by atoms with Crippen LogP contribution in [-0.4, -0.2) is 26.5 Å². The second-order valence-corrected chi connectivity index (χ2v) is 6.68. The van der Waals surface area contributed by atoms with E-state index in [0.29, 0.717) is 13.0 Å². The SMILES string of the molecule is C#CCN1C(=O)C(C)(Cc2ccc(N(C)C)cc2)c2ccccc21. The molecule has 0 saturated carbocycles. The van der Waals surface area contributed by atoms with Crippen LogP contribution < -0.4 is 9.80 Å². The highest BCUT2D eigenvalue weighted by molar-refractivity contribution is 6.08. The number of fused-ring (bicyclic) bond motifs is 1. The van der Waals surface area contributed by atoms with Gasteiger partial charge in [0.2, 0.25) is 5.91 Å². The van der Waals surface area contributed by atoms with Crippen molar-refractivity contribution in [3.8, 4) is 12.3 Å². The number of terminal acetylenes is 1. The van der Waals surface area contributed by atoms with Crippen LogP contribution in [0.2, 0.25) is 0 Å². The van der Waals surface area contributed by atoms with E-state index in [1.807, 2.05) is 45.3 Å². The van der Waals surface area contributed by atoms with Gasteiger partial charge in [-0.2, -0.15) is 0 Å². The molecule has 0 aromatic heterocycles. The lowest BCUT2D eigenvalue weighted by molar-refractivity contribution is -0.122. The van der Waals surface area contributed by atoms with Crippen molar-refractivity contribution in [1.82, 2.24) is 0 Å². The number of rotatable bonds is 4. The van der Waals surface area contributed by atoms with E-state index < -0.39 is 5.41 Å². The molecule has 0 N–H and O–H groups in total. The number of hydrogen-bond acceptors (Lipinski definition) is 2. The summed E-state index contributed by atoms with van der Waals surface area (Å²) in [7, 11) is 4.04. The van der Waals surface area contributed by atoms with Crippen LogP contribution in [-0.2, 0) is 16.6 Å². The third-order valence-electron chi connectivity index (χ3n) is 4.77. The number of hydrogen-bond donors (Lipinski definition) is 0. The first-order valence-electron chi connectivity index (χ1n) is 8.08. The lowest BCUT2D eigenvalue weighted by atomic mass is 9.78. The second kappa shape index (κ2) is 6.05. The van der Waals surface area contributed by atoms with Crippen molar-refractivity contribution in [2.45, 2.75) is 18.8 Å². The second-order valence-electron chi connectivity index (χ2n) is 6.68. The van der Waals surface area contributed by atoms with Crippen molar-refractivity contribution < 1.29 is 4.79 Å². The molecule has 0 radical (unpaired) electrons. The number of carbonyl (C=O) groups is 1. The van der Waals surface area contributed by atoms with Gasteiger partial charge in [-0.1, -0.05) is 36.3 Å². The summed E-state index contributed by atoms with van der Waals surface area (Å²) in [5.74, 6) is 2.68. The summed E-state index contributed by atoms with van der Waals surface area (Å²) in [4.78, 5) is 16.9. The Bertz CT molecular complexity index is 801. The minimum Gasteiger partial charge on any atom is -0.378 e. The molecule has 0 fully saturated rings. The van der Waals surface area contributed by atoms with E-state index in [1.54, 1.807) is 4.90 Å². The first kappa shape index (κ1) is 16.1. The third-order valence-corrected chi connectivity index (χ3v) is 4.77. The molecule has 1 unspecified atom stereocenters. The van der Waals surface area contributed by atoms with Gasteiger partial charge < -0.3 is 4.90 Å². The average molecular weight is 318 g/mol. The fourth-order valence-corrected chi connectivity index (χ4v) is 3.44. The van der Waals surface area contributed by atoms with Crippen LogP contribution in [0, 0.1) is 12.3 Å². The van der Waals surface area contributed by atoms with Crippen LogP contribution in [0.1, 0.15) is 18.1 Å². The summed E-state index contributed by atoms with van der Waals surface area (Å²) in [6, 6.07) is 16.3. The molecule has 3 rings (SSSR count). The van der Waals surface area contributed by atoms with E-state index in [1.165, 1.54) is 0 Å². The fourth-order valence-electron chi connectivity index (χ4n) is 3.44. The van der Waals surface area contributed by atoms with Crippen LogP contribution in [0.25, 0.3) is 0 Å².